The number of fused-ring (bicyclic) bond motifs is 3. The first kappa shape index (κ1) is 19.8. The number of benzene rings is 2. The first-order chi connectivity index (χ1) is 13.7. The number of hydrogen-bond donors (Lipinski definition) is 1. The number of sulfonamides is 1. The number of anilines is 1. The van der Waals surface area contributed by atoms with Gasteiger partial charge in [0.15, 0.2) is 0 Å². The standard InChI is InChI=1S/C21H22ClN3O3S/c1-14-5-3-4-6-20(14)25(29(2,27)28)13-21(26)24-10-9-19-17(12-24)16-11-15(22)7-8-18(16)23-19/h3-8,11,23H,9-10,12-13H2,1-2H3. The Morgan fingerprint density at radius 2 is 2.00 bits per heavy atom. The van der Waals surface area contributed by atoms with Gasteiger partial charge in [0.1, 0.15) is 6.54 Å². The summed E-state index contributed by atoms with van der Waals surface area (Å²) in [4.78, 5) is 18.2. The van der Waals surface area contributed by atoms with Gasteiger partial charge in [-0.3, -0.25) is 9.10 Å². The number of nitrogens with one attached hydrogen (secondary N) is 1. The van der Waals surface area contributed by atoms with Crippen molar-refractivity contribution < 1.29 is 13.2 Å². The molecule has 8 heteroatoms. The van der Waals surface area contributed by atoms with Crippen molar-refractivity contribution in [3.05, 3.63) is 64.3 Å². The minimum atomic E-state index is -3.60. The maximum atomic E-state index is 13.1. The van der Waals surface area contributed by atoms with E-state index in [1.807, 2.05) is 37.3 Å². The quantitative estimate of drug-likeness (QED) is 0.687. The van der Waals surface area contributed by atoms with Crippen LogP contribution in [0.25, 0.3) is 10.9 Å². The number of para-hydroxylation sites is 1. The van der Waals surface area contributed by atoms with Crippen LogP contribution < -0.4 is 4.31 Å². The van der Waals surface area contributed by atoms with Crippen LogP contribution in [-0.4, -0.2) is 43.6 Å². The summed E-state index contributed by atoms with van der Waals surface area (Å²) < 4.78 is 26.0. The summed E-state index contributed by atoms with van der Waals surface area (Å²) in [5.41, 5.74) is 4.47. The van der Waals surface area contributed by atoms with Crippen LogP contribution in [0, 0.1) is 6.92 Å². The zero-order valence-electron chi connectivity index (χ0n) is 16.3. The first-order valence-electron chi connectivity index (χ1n) is 9.34. The predicted octanol–water partition coefficient (Wildman–Crippen LogP) is 3.48. The van der Waals surface area contributed by atoms with Crippen LogP contribution >= 0.6 is 11.6 Å². The zero-order valence-corrected chi connectivity index (χ0v) is 17.8. The van der Waals surface area contributed by atoms with Crippen molar-refractivity contribution in [3.63, 3.8) is 0 Å². The number of carbonyl (C=O) groups is 1. The molecule has 0 spiro atoms. The van der Waals surface area contributed by atoms with Crippen LogP contribution in [0.1, 0.15) is 16.8 Å². The molecule has 0 atom stereocenters. The molecule has 0 bridgehead atoms. The molecule has 0 saturated carbocycles. The van der Waals surface area contributed by atoms with Crippen LogP contribution in [0.5, 0.6) is 0 Å². The Hall–Kier alpha value is -2.51. The summed E-state index contributed by atoms with van der Waals surface area (Å²) in [6.07, 6.45) is 1.82. The molecule has 0 saturated heterocycles. The molecule has 0 radical (unpaired) electrons. The van der Waals surface area contributed by atoms with Gasteiger partial charge >= 0.3 is 0 Å². The third-order valence-corrected chi connectivity index (χ3v) is 6.71. The van der Waals surface area contributed by atoms with Crippen molar-refractivity contribution in [2.75, 3.05) is 23.7 Å². The average molecular weight is 432 g/mol. The number of amides is 1. The van der Waals surface area contributed by atoms with E-state index >= 15 is 0 Å². The fraction of sp³-hybridized carbons (Fsp3) is 0.286. The molecule has 2 aromatic carbocycles. The Kier molecular flexibility index (Phi) is 5.04. The summed E-state index contributed by atoms with van der Waals surface area (Å²) in [6.45, 7) is 2.58. The number of aryl methyl sites for hydroxylation is 1. The van der Waals surface area contributed by atoms with Crippen molar-refractivity contribution >= 4 is 44.1 Å². The van der Waals surface area contributed by atoms with E-state index < -0.39 is 10.0 Å². The van der Waals surface area contributed by atoms with Crippen molar-refractivity contribution in [1.82, 2.24) is 9.88 Å². The van der Waals surface area contributed by atoms with E-state index in [-0.39, 0.29) is 12.5 Å². The van der Waals surface area contributed by atoms with Crippen LogP contribution in [0.4, 0.5) is 5.69 Å². The first-order valence-corrected chi connectivity index (χ1v) is 11.6. The fourth-order valence-electron chi connectivity index (χ4n) is 3.85. The van der Waals surface area contributed by atoms with E-state index in [0.717, 1.165) is 34.0 Å². The second kappa shape index (κ2) is 7.39. The van der Waals surface area contributed by atoms with Gasteiger partial charge in [-0.2, -0.15) is 0 Å². The van der Waals surface area contributed by atoms with Crippen molar-refractivity contribution in [1.29, 1.82) is 0 Å². The van der Waals surface area contributed by atoms with E-state index in [0.29, 0.717) is 30.2 Å². The van der Waals surface area contributed by atoms with Gasteiger partial charge in [-0.15, -0.1) is 0 Å². The average Bonchev–Trinajstić information content (AvgIpc) is 3.03. The molecule has 1 N–H and O–H groups in total. The lowest BCUT2D eigenvalue weighted by atomic mass is 10.0. The summed E-state index contributed by atoms with van der Waals surface area (Å²) in [5.74, 6) is -0.222. The van der Waals surface area contributed by atoms with Crippen LogP contribution in [0.15, 0.2) is 42.5 Å². The minimum Gasteiger partial charge on any atom is -0.358 e. The molecule has 1 amide bonds. The van der Waals surface area contributed by atoms with Gasteiger partial charge in [0, 0.05) is 46.7 Å². The van der Waals surface area contributed by atoms with Gasteiger partial charge in [-0.05, 0) is 36.8 Å². The number of carbonyl (C=O) groups excluding carboxylic acids is 1. The van der Waals surface area contributed by atoms with Gasteiger partial charge in [0.05, 0.1) is 11.9 Å². The summed E-state index contributed by atoms with van der Waals surface area (Å²) in [6, 6.07) is 12.8. The third-order valence-electron chi connectivity index (χ3n) is 5.35. The second-order valence-corrected chi connectivity index (χ2v) is 9.74. The number of nitrogens with zero attached hydrogens (tertiary/aromatic N) is 2. The van der Waals surface area contributed by atoms with E-state index in [2.05, 4.69) is 4.98 Å². The normalized spacial score (nSPS) is 14.1. The summed E-state index contributed by atoms with van der Waals surface area (Å²) >= 11 is 6.15. The smallest absolute Gasteiger partial charge is 0.243 e. The Morgan fingerprint density at radius 1 is 1.24 bits per heavy atom. The van der Waals surface area contributed by atoms with Crippen molar-refractivity contribution in [2.45, 2.75) is 19.9 Å². The van der Waals surface area contributed by atoms with Crippen LogP contribution in [-0.2, 0) is 27.8 Å². The highest BCUT2D eigenvalue weighted by Gasteiger charge is 2.28. The van der Waals surface area contributed by atoms with Crippen LogP contribution in [0.3, 0.4) is 0 Å². The second-order valence-electron chi connectivity index (χ2n) is 7.39. The monoisotopic (exact) mass is 431 g/mol. The Morgan fingerprint density at radius 3 is 2.72 bits per heavy atom. The zero-order chi connectivity index (χ0) is 20.8. The lowest BCUT2D eigenvalue weighted by molar-refractivity contribution is -0.130. The highest BCUT2D eigenvalue weighted by atomic mass is 35.5. The molecule has 29 heavy (non-hydrogen) atoms. The Bertz CT molecular complexity index is 1200. The van der Waals surface area contributed by atoms with E-state index in [9.17, 15) is 13.2 Å². The van der Waals surface area contributed by atoms with E-state index in [1.165, 1.54) is 4.31 Å². The number of halogens is 1. The molecule has 1 aliphatic heterocycles. The molecule has 4 rings (SSSR count). The van der Waals surface area contributed by atoms with Gasteiger partial charge in [0.2, 0.25) is 15.9 Å². The number of aromatic nitrogens is 1. The van der Waals surface area contributed by atoms with Crippen molar-refractivity contribution in [3.8, 4) is 0 Å². The third kappa shape index (κ3) is 3.84. The highest BCUT2D eigenvalue weighted by Crippen LogP contribution is 2.30. The molecule has 1 aromatic heterocycles. The number of rotatable bonds is 4. The van der Waals surface area contributed by atoms with E-state index in [4.69, 9.17) is 11.6 Å². The number of aromatic amines is 1. The van der Waals surface area contributed by atoms with Gasteiger partial charge < -0.3 is 9.88 Å². The summed E-state index contributed by atoms with van der Waals surface area (Å²) in [5, 5.41) is 1.65. The highest BCUT2D eigenvalue weighted by molar-refractivity contribution is 7.92. The fourth-order valence-corrected chi connectivity index (χ4v) is 4.93. The molecular formula is C21H22ClN3O3S. The SMILES string of the molecule is Cc1ccccc1N(CC(=O)N1CCc2[nH]c3ccc(Cl)cc3c2C1)S(C)(=O)=O. The Labute approximate surface area is 175 Å². The van der Waals surface area contributed by atoms with Gasteiger partial charge in [-0.1, -0.05) is 29.8 Å². The largest absolute Gasteiger partial charge is 0.358 e. The molecule has 2 heterocycles. The molecule has 0 fully saturated rings. The van der Waals surface area contributed by atoms with Crippen molar-refractivity contribution in [2.24, 2.45) is 0 Å². The topological polar surface area (TPSA) is 73.5 Å². The maximum absolute atomic E-state index is 13.1. The molecular weight excluding hydrogens is 410 g/mol. The minimum absolute atomic E-state index is 0.220. The van der Waals surface area contributed by atoms with Crippen LogP contribution in [0.2, 0.25) is 5.02 Å². The number of hydrogen-bond acceptors (Lipinski definition) is 3. The number of H-pyrrole nitrogens is 1. The van der Waals surface area contributed by atoms with Gasteiger partial charge in [-0.25, -0.2) is 8.42 Å². The summed E-state index contributed by atoms with van der Waals surface area (Å²) in [7, 11) is -3.60. The molecule has 0 unspecified atom stereocenters. The van der Waals surface area contributed by atoms with Gasteiger partial charge in [0.25, 0.3) is 0 Å². The molecule has 152 valence electrons. The Balaban J connectivity index is 1.61. The predicted molar refractivity (Wildman–Crippen MR) is 116 cm³/mol. The lowest BCUT2D eigenvalue weighted by Gasteiger charge is -2.30. The molecule has 3 aromatic rings. The van der Waals surface area contributed by atoms with E-state index in [1.54, 1.807) is 17.0 Å². The molecule has 1 aliphatic rings. The maximum Gasteiger partial charge on any atom is 0.243 e. The molecule has 6 nitrogen and oxygen atoms in total. The molecule has 0 aliphatic carbocycles. The lowest BCUT2D eigenvalue weighted by Crippen LogP contribution is -2.44.